The lowest BCUT2D eigenvalue weighted by Crippen LogP contribution is -2.60. The van der Waals surface area contributed by atoms with E-state index in [-0.39, 0.29) is 11.6 Å². The molecule has 1 saturated carbocycles. The molecule has 1 saturated heterocycles. The van der Waals surface area contributed by atoms with E-state index in [2.05, 4.69) is 10.6 Å². The van der Waals surface area contributed by atoms with Gasteiger partial charge in [-0.25, -0.2) is 0 Å². The van der Waals surface area contributed by atoms with Crippen LogP contribution >= 0.6 is 0 Å². The van der Waals surface area contributed by atoms with E-state index in [4.69, 9.17) is 0 Å². The summed E-state index contributed by atoms with van der Waals surface area (Å²) in [5, 5.41) is 5.42. The summed E-state index contributed by atoms with van der Waals surface area (Å²) >= 11 is 0. The van der Waals surface area contributed by atoms with Gasteiger partial charge in [0.05, 0.1) is 0 Å². The van der Waals surface area contributed by atoms with Crippen LogP contribution in [0.15, 0.2) is 0 Å². The van der Waals surface area contributed by atoms with Crippen molar-refractivity contribution in [3.63, 3.8) is 0 Å². The highest BCUT2D eigenvalue weighted by Crippen LogP contribution is 2.38. The van der Waals surface area contributed by atoms with Gasteiger partial charge in [-0.15, -0.1) is 0 Å². The standard InChI is InChI=1S/C10H15F3N2O/c11-10(12,13)8(16)15-7-2-5-14-9(6-7)3-1-4-9/h7,14H,1-6H2,(H,15,16). The molecule has 2 aliphatic rings. The number of halogens is 3. The van der Waals surface area contributed by atoms with Crippen LogP contribution in [-0.2, 0) is 4.79 Å². The number of rotatable bonds is 1. The van der Waals surface area contributed by atoms with Crippen molar-refractivity contribution in [3.05, 3.63) is 0 Å². The van der Waals surface area contributed by atoms with Crippen molar-refractivity contribution in [1.29, 1.82) is 0 Å². The molecular formula is C10H15F3N2O. The first kappa shape index (κ1) is 11.7. The minimum atomic E-state index is -4.77. The third kappa shape index (κ3) is 2.31. The van der Waals surface area contributed by atoms with Gasteiger partial charge in [0.2, 0.25) is 0 Å². The maximum Gasteiger partial charge on any atom is 0.471 e. The second-order valence-electron chi connectivity index (χ2n) is 4.72. The highest BCUT2D eigenvalue weighted by molar-refractivity contribution is 5.81. The Morgan fingerprint density at radius 1 is 1.38 bits per heavy atom. The van der Waals surface area contributed by atoms with E-state index in [1.54, 1.807) is 0 Å². The second-order valence-corrected chi connectivity index (χ2v) is 4.72. The Hall–Kier alpha value is -0.780. The molecule has 2 rings (SSSR count). The Labute approximate surface area is 91.8 Å². The number of carbonyl (C=O) groups excluding carboxylic acids is 1. The fraction of sp³-hybridized carbons (Fsp3) is 0.900. The van der Waals surface area contributed by atoms with Crippen molar-refractivity contribution >= 4 is 5.91 Å². The van der Waals surface area contributed by atoms with Crippen molar-refractivity contribution in [3.8, 4) is 0 Å². The predicted molar refractivity (Wildman–Crippen MR) is 51.8 cm³/mol. The van der Waals surface area contributed by atoms with E-state index in [0.29, 0.717) is 19.4 Å². The zero-order chi connectivity index (χ0) is 11.8. The van der Waals surface area contributed by atoms with E-state index in [1.165, 1.54) is 0 Å². The number of hydrogen-bond acceptors (Lipinski definition) is 2. The van der Waals surface area contributed by atoms with E-state index in [0.717, 1.165) is 19.3 Å². The summed E-state index contributed by atoms with van der Waals surface area (Å²) in [4.78, 5) is 10.8. The maximum atomic E-state index is 12.1. The van der Waals surface area contributed by atoms with E-state index in [1.807, 2.05) is 0 Å². The van der Waals surface area contributed by atoms with E-state index < -0.39 is 12.1 Å². The lowest BCUT2D eigenvalue weighted by atomic mass is 9.70. The molecule has 0 aromatic heterocycles. The van der Waals surface area contributed by atoms with Gasteiger partial charge >= 0.3 is 12.1 Å². The number of amides is 1. The molecule has 1 aliphatic heterocycles. The van der Waals surface area contributed by atoms with Crippen LogP contribution in [0.3, 0.4) is 0 Å². The summed E-state index contributed by atoms with van der Waals surface area (Å²) in [7, 11) is 0. The lowest BCUT2D eigenvalue weighted by Gasteiger charge is -2.48. The molecule has 1 amide bonds. The lowest BCUT2D eigenvalue weighted by molar-refractivity contribution is -0.174. The second kappa shape index (κ2) is 3.91. The molecule has 0 aromatic carbocycles. The summed E-state index contributed by atoms with van der Waals surface area (Å²) < 4.78 is 36.2. The van der Waals surface area contributed by atoms with Gasteiger partial charge < -0.3 is 10.6 Å². The van der Waals surface area contributed by atoms with Gasteiger partial charge in [-0.05, 0) is 38.6 Å². The fourth-order valence-corrected chi connectivity index (χ4v) is 2.53. The Morgan fingerprint density at radius 2 is 2.06 bits per heavy atom. The van der Waals surface area contributed by atoms with E-state index >= 15 is 0 Å². The molecule has 6 heteroatoms. The topological polar surface area (TPSA) is 41.1 Å². The highest BCUT2D eigenvalue weighted by atomic mass is 19.4. The fourth-order valence-electron chi connectivity index (χ4n) is 2.53. The number of piperidine rings is 1. The zero-order valence-corrected chi connectivity index (χ0v) is 8.86. The van der Waals surface area contributed by atoms with Gasteiger partial charge in [0.15, 0.2) is 0 Å². The van der Waals surface area contributed by atoms with Crippen molar-refractivity contribution in [2.75, 3.05) is 6.54 Å². The summed E-state index contributed by atoms with van der Waals surface area (Å²) in [5.41, 5.74) is 0.00178. The third-order valence-electron chi connectivity index (χ3n) is 3.53. The van der Waals surface area contributed by atoms with Crippen molar-refractivity contribution < 1.29 is 18.0 Å². The minimum Gasteiger partial charge on any atom is -0.345 e. The molecule has 1 atom stereocenters. The van der Waals surface area contributed by atoms with Gasteiger partial charge in [0.25, 0.3) is 0 Å². The molecule has 0 bridgehead atoms. The maximum absolute atomic E-state index is 12.1. The van der Waals surface area contributed by atoms with Crippen molar-refractivity contribution in [1.82, 2.24) is 10.6 Å². The van der Waals surface area contributed by atoms with Crippen molar-refractivity contribution in [2.45, 2.75) is 49.9 Å². The van der Waals surface area contributed by atoms with Crippen LogP contribution in [-0.4, -0.2) is 30.2 Å². The molecule has 2 fully saturated rings. The molecule has 2 N–H and O–H groups in total. The zero-order valence-electron chi connectivity index (χ0n) is 8.86. The Kier molecular flexibility index (Phi) is 2.86. The van der Waals surface area contributed by atoms with Crippen LogP contribution in [0, 0.1) is 0 Å². The largest absolute Gasteiger partial charge is 0.471 e. The number of carbonyl (C=O) groups is 1. The van der Waals surface area contributed by atoms with Gasteiger partial charge in [0, 0.05) is 11.6 Å². The van der Waals surface area contributed by atoms with Crippen LogP contribution in [0.1, 0.15) is 32.1 Å². The molecule has 0 radical (unpaired) electrons. The third-order valence-corrected chi connectivity index (χ3v) is 3.53. The first-order valence-electron chi connectivity index (χ1n) is 5.54. The predicted octanol–water partition coefficient (Wildman–Crippen LogP) is 1.34. The first-order valence-corrected chi connectivity index (χ1v) is 5.54. The smallest absolute Gasteiger partial charge is 0.345 e. The summed E-state index contributed by atoms with van der Waals surface area (Å²) in [6.07, 6.45) is -0.445. The Balaban J connectivity index is 1.88. The molecule has 1 unspecified atom stereocenters. The minimum absolute atomic E-state index is 0.00178. The molecule has 1 aliphatic carbocycles. The highest BCUT2D eigenvalue weighted by Gasteiger charge is 2.44. The SMILES string of the molecule is O=C(NC1CCNC2(CCC2)C1)C(F)(F)F. The molecule has 1 heterocycles. The van der Waals surface area contributed by atoms with Crippen molar-refractivity contribution in [2.24, 2.45) is 0 Å². The molecule has 92 valence electrons. The molecule has 3 nitrogen and oxygen atoms in total. The van der Waals surface area contributed by atoms with Crippen LogP contribution in [0.2, 0.25) is 0 Å². The molecule has 16 heavy (non-hydrogen) atoms. The number of hydrogen-bond donors (Lipinski definition) is 2. The molecule has 0 aromatic rings. The Morgan fingerprint density at radius 3 is 2.56 bits per heavy atom. The quantitative estimate of drug-likeness (QED) is 0.721. The molecule has 1 spiro atoms. The van der Waals surface area contributed by atoms with Crippen LogP contribution < -0.4 is 10.6 Å². The Bertz CT molecular complexity index is 286. The van der Waals surface area contributed by atoms with Gasteiger partial charge in [-0.2, -0.15) is 13.2 Å². The number of nitrogens with one attached hydrogen (secondary N) is 2. The van der Waals surface area contributed by atoms with Crippen LogP contribution in [0.4, 0.5) is 13.2 Å². The average molecular weight is 236 g/mol. The van der Waals surface area contributed by atoms with E-state index in [9.17, 15) is 18.0 Å². The van der Waals surface area contributed by atoms with Crippen LogP contribution in [0.5, 0.6) is 0 Å². The van der Waals surface area contributed by atoms with Gasteiger partial charge in [-0.3, -0.25) is 4.79 Å². The number of alkyl halides is 3. The summed E-state index contributed by atoms with van der Waals surface area (Å²) in [5.74, 6) is -1.81. The summed E-state index contributed by atoms with van der Waals surface area (Å²) in [6.45, 7) is 0.683. The van der Waals surface area contributed by atoms with Crippen LogP contribution in [0.25, 0.3) is 0 Å². The monoisotopic (exact) mass is 236 g/mol. The van der Waals surface area contributed by atoms with Gasteiger partial charge in [-0.1, -0.05) is 0 Å². The normalized spacial score (nSPS) is 28.6. The first-order chi connectivity index (χ1) is 7.41. The average Bonchev–Trinajstić information content (AvgIpc) is 2.14. The van der Waals surface area contributed by atoms with Gasteiger partial charge in [0.1, 0.15) is 0 Å². The summed E-state index contributed by atoms with van der Waals surface area (Å²) in [6, 6.07) is -0.337. The molecular weight excluding hydrogens is 221 g/mol.